The summed E-state index contributed by atoms with van der Waals surface area (Å²) < 4.78 is 68.8. The molecule has 2 aromatic rings. The quantitative estimate of drug-likeness (QED) is 0.642. The highest BCUT2D eigenvalue weighted by atomic mass is 32.2. The number of hydrogen-bond donors (Lipinski definition) is 1. The van der Waals surface area contributed by atoms with Crippen molar-refractivity contribution in [3.05, 3.63) is 59.7 Å². The van der Waals surface area contributed by atoms with Crippen molar-refractivity contribution < 1.29 is 31.1 Å². The van der Waals surface area contributed by atoms with Crippen LogP contribution in [-0.4, -0.2) is 34.2 Å². The SMILES string of the molecule is COc1ccc(CNC(=O)CCCN(c2cccc(C(F)(F)F)c2)S(C)(=O)=O)cc1. The van der Waals surface area contributed by atoms with Crippen LogP contribution >= 0.6 is 0 Å². The first-order valence-corrected chi connectivity index (χ1v) is 10.9. The van der Waals surface area contributed by atoms with Crippen LogP contribution in [0.4, 0.5) is 18.9 Å². The molecule has 0 spiro atoms. The lowest BCUT2D eigenvalue weighted by Crippen LogP contribution is -2.32. The van der Waals surface area contributed by atoms with E-state index >= 15 is 0 Å². The molecule has 30 heavy (non-hydrogen) atoms. The van der Waals surface area contributed by atoms with Crippen LogP contribution in [0.5, 0.6) is 5.75 Å². The summed E-state index contributed by atoms with van der Waals surface area (Å²) in [6, 6.07) is 11.2. The van der Waals surface area contributed by atoms with E-state index in [1.54, 1.807) is 31.4 Å². The Labute approximate surface area is 173 Å². The van der Waals surface area contributed by atoms with Gasteiger partial charge in [-0.1, -0.05) is 18.2 Å². The Hall–Kier alpha value is -2.75. The molecule has 0 unspecified atom stereocenters. The normalized spacial score (nSPS) is 11.8. The van der Waals surface area contributed by atoms with Gasteiger partial charge in [0, 0.05) is 19.5 Å². The lowest BCUT2D eigenvalue weighted by molar-refractivity contribution is -0.137. The van der Waals surface area contributed by atoms with Gasteiger partial charge in [0.25, 0.3) is 0 Å². The molecule has 164 valence electrons. The van der Waals surface area contributed by atoms with E-state index in [2.05, 4.69) is 5.32 Å². The van der Waals surface area contributed by atoms with Gasteiger partial charge in [-0.05, 0) is 42.3 Å². The first kappa shape index (κ1) is 23.5. The summed E-state index contributed by atoms with van der Waals surface area (Å²) >= 11 is 0. The van der Waals surface area contributed by atoms with Crippen molar-refractivity contribution in [1.29, 1.82) is 0 Å². The van der Waals surface area contributed by atoms with Crippen LogP contribution in [0.1, 0.15) is 24.0 Å². The van der Waals surface area contributed by atoms with Crippen molar-refractivity contribution in [2.75, 3.05) is 24.2 Å². The summed E-state index contributed by atoms with van der Waals surface area (Å²) in [7, 11) is -2.27. The standard InChI is InChI=1S/C20H23F3N2O4S/c1-29-18-10-8-15(9-11-18)14-24-19(26)7-4-12-25(30(2,27)28)17-6-3-5-16(13-17)20(21,22)23/h3,5-6,8-11,13H,4,7,12,14H2,1-2H3,(H,24,26). The molecule has 0 saturated heterocycles. The Morgan fingerprint density at radius 3 is 2.37 bits per heavy atom. The number of sulfonamides is 1. The smallest absolute Gasteiger partial charge is 0.416 e. The van der Waals surface area contributed by atoms with Crippen LogP contribution in [-0.2, 0) is 27.5 Å². The molecule has 0 saturated carbocycles. The van der Waals surface area contributed by atoms with Gasteiger partial charge < -0.3 is 10.1 Å². The number of anilines is 1. The molecule has 6 nitrogen and oxygen atoms in total. The maximum atomic E-state index is 12.9. The minimum atomic E-state index is -4.58. The van der Waals surface area contributed by atoms with Crippen LogP contribution in [0.2, 0.25) is 0 Å². The van der Waals surface area contributed by atoms with E-state index in [1.807, 2.05) is 0 Å². The molecule has 0 bridgehead atoms. The van der Waals surface area contributed by atoms with Crippen molar-refractivity contribution in [2.45, 2.75) is 25.6 Å². The van der Waals surface area contributed by atoms with Gasteiger partial charge in [-0.2, -0.15) is 13.2 Å². The second-order valence-electron chi connectivity index (χ2n) is 6.61. The van der Waals surface area contributed by atoms with E-state index in [4.69, 9.17) is 4.74 Å². The highest BCUT2D eigenvalue weighted by Crippen LogP contribution is 2.32. The van der Waals surface area contributed by atoms with Crippen LogP contribution in [0.25, 0.3) is 0 Å². The van der Waals surface area contributed by atoms with Gasteiger partial charge in [-0.25, -0.2) is 8.42 Å². The summed E-state index contributed by atoms with van der Waals surface area (Å²) in [5.41, 5.74) is -0.164. The predicted molar refractivity (Wildman–Crippen MR) is 108 cm³/mol. The zero-order valence-electron chi connectivity index (χ0n) is 16.6. The van der Waals surface area contributed by atoms with Crippen LogP contribution < -0.4 is 14.4 Å². The monoisotopic (exact) mass is 444 g/mol. The Kier molecular flexibility index (Phi) is 7.71. The van der Waals surface area contributed by atoms with Gasteiger partial charge >= 0.3 is 6.18 Å². The Morgan fingerprint density at radius 1 is 1.13 bits per heavy atom. The Bertz CT molecular complexity index is 961. The van der Waals surface area contributed by atoms with Gasteiger partial charge in [-0.15, -0.1) is 0 Å². The van der Waals surface area contributed by atoms with E-state index in [0.717, 1.165) is 34.3 Å². The molecular weight excluding hydrogens is 421 g/mol. The van der Waals surface area contributed by atoms with Crippen molar-refractivity contribution in [3.63, 3.8) is 0 Å². The molecule has 0 aliphatic rings. The zero-order valence-corrected chi connectivity index (χ0v) is 17.4. The summed E-state index contributed by atoms with van der Waals surface area (Å²) in [5.74, 6) is 0.406. The number of hydrogen-bond acceptors (Lipinski definition) is 4. The molecule has 0 atom stereocenters. The molecule has 0 aliphatic carbocycles. The van der Waals surface area contributed by atoms with Crippen molar-refractivity contribution >= 4 is 21.6 Å². The summed E-state index contributed by atoms with van der Waals surface area (Å²) in [5, 5.41) is 2.72. The number of ether oxygens (including phenoxy) is 1. The highest BCUT2D eigenvalue weighted by molar-refractivity contribution is 7.92. The van der Waals surface area contributed by atoms with Crippen molar-refractivity contribution in [1.82, 2.24) is 5.32 Å². The molecule has 10 heteroatoms. The molecule has 2 aromatic carbocycles. The number of carbonyl (C=O) groups is 1. The van der Waals surface area contributed by atoms with Crippen LogP contribution in [0.3, 0.4) is 0 Å². The van der Waals surface area contributed by atoms with Crippen LogP contribution in [0, 0.1) is 0 Å². The predicted octanol–water partition coefficient (Wildman–Crippen LogP) is 3.58. The zero-order chi connectivity index (χ0) is 22.4. The number of carbonyl (C=O) groups excluding carboxylic acids is 1. The fourth-order valence-electron chi connectivity index (χ4n) is 2.74. The molecule has 0 heterocycles. The van der Waals surface area contributed by atoms with E-state index in [0.29, 0.717) is 12.3 Å². The van der Waals surface area contributed by atoms with Gasteiger partial charge in [0.05, 0.1) is 24.6 Å². The molecule has 2 rings (SSSR count). The summed E-state index contributed by atoms with van der Waals surface area (Å²) in [6.07, 6.45) is -3.49. The second-order valence-corrected chi connectivity index (χ2v) is 8.52. The number of benzene rings is 2. The molecule has 1 N–H and O–H groups in total. The Balaban J connectivity index is 1.94. The first-order chi connectivity index (χ1) is 14.0. The topological polar surface area (TPSA) is 75.7 Å². The third-order valence-corrected chi connectivity index (χ3v) is 5.47. The lowest BCUT2D eigenvalue weighted by Gasteiger charge is -2.23. The molecular formula is C20H23F3N2O4S. The molecule has 0 radical (unpaired) electrons. The molecule has 0 aromatic heterocycles. The fourth-order valence-corrected chi connectivity index (χ4v) is 3.70. The largest absolute Gasteiger partial charge is 0.497 e. The minimum Gasteiger partial charge on any atom is -0.497 e. The van der Waals surface area contributed by atoms with Crippen molar-refractivity contribution in [2.24, 2.45) is 0 Å². The third-order valence-electron chi connectivity index (χ3n) is 4.28. The first-order valence-electron chi connectivity index (χ1n) is 9.05. The molecule has 1 amide bonds. The van der Waals surface area contributed by atoms with Gasteiger partial charge in [0.15, 0.2) is 0 Å². The number of amides is 1. The van der Waals surface area contributed by atoms with Gasteiger partial charge in [-0.3, -0.25) is 9.10 Å². The maximum absolute atomic E-state index is 12.9. The average Bonchev–Trinajstić information content (AvgIpc) is 2.68. The minimum absolute atomic E-state index is 0.0289. The van der Waals surface area contributed by atoms with E-state index in [1.165, 1.54) is 6.07 Å². The lowest BCUT2D eigenvalue weighted by atomic mass is 10.2. The van der Waals surface area contributed by atoms with E-state index < -0.39 is 21.8 Å². The number of methoxy groups -OCH3 is 1. The van der Waals surface area contributed by atoms with Gasteiger partial charge in [0.2, 0.25) is 15.9 Å². The van der Waals surface area contributed by atoms with Crippen molar-refractivity contribution in [3.8, 4) is 5.75 Å². The second kappa shape index (κ2) is 9.84. The fraction of sp³-hybridized carbons (Fsp3) is 0.350. The third kappa shape index (κ3) is 6.94. The number of nitrogens with one attached hydrogen (secondary N) is 1. The number of nitrogens with zero attached hydrogens (tertiary/aromatic N) is 1. The number of alkyl halides is 3. The van der Waals surface area contributed by atoms with Crippen LogP contribution in [0.15, 0.2) is 48.5 Å². The maximum Gasteiger partial charge on any atom is 0.416 e. The summed E-state index contributed by atoms with van der Waals surface area (Å²) in [4.78, 5) is 12.0. The van der Waals surface area contributed by atoms with Gasteiger partial charge in [0.1, 0.15) is 5.75 Å². The van der Waals surface area contributed by atoms with E-state index in [-0.39, 0.29) is 31.0 Å². The highest BCUT2D eigenvalue weighted by Gasteiger charge is 2.31. The van der Waals surface area contributed by atoms with E-state index in [9.17, 15) is 26.4 Å². The average molecular weight is 444 g/mol. The Morgan fingerprint density at radius 2 is 1.80 bits per heavy atom. The number of halogens is 3. The summed E-state index contributed by atoms with van der Waals surface area (Å²) in [6.45, 7) is 0.183. The molecule has 0 aliphatic heterocycles. The molecule has 0 fully saturated rings. The number of rotatable bonds is 9.